The summed E-state index contributed by atoms with van der Waals surface area (Å²) in [4.78, 5) is 2.46. The van der Waals surface area contributed by atoms with E-state index in [2.05, 4.69) is 28.9 Å². The van der Waals surface area contributed by atoms with Gasteiger partial charge in [0, 0.05) is 32.7 Å². The van der Waals surface area contributed by atoms with Gasteiger partial charge in [-0.2, -0.15) is 0 Å². The molecule has 1 aromatic carbocycles. The number of fused-ring (bicyclic) bond motifs is 1. The van der Waals surface area contributed by atoms with E-state index in [0.717, 1.165) is 50.6 Å². The second-order valence-corrected chi connectivity index (χ2v) is 4.99. The summed E-state index contributed by atoms with van der Waals surface area (Å²) in [5.41, 5.74) is 2.72. The highest BCUT2D eigenvalue weighted by Crippen LogP contribution is 2.33. The third-order valence-electron chi connectivity index (χ3n) is 3.69. The van der Waals surface area contributed by atoms with E-state index in [1.165, 1.54) is 11.1 Å². The van der Waals surface area contributed by atoms with E-state index >= 15 is 0 Å². The number of nitrogens with zero attached hydrogens (tertiary/aromatic N) is 1. The topological polar surface area (TPSA) is 33.7 Å². The summed E-state index contributed by atoms with van der Waals surface area (Å²) in [5, 5.41) is 3.34. The third-order valence-corrected chi connectivity index (χ3v) is 3.69. The van der Waals surface area contributed by atoms with E-state index in [1.54, 1.807) is 14.2 Å². The predicted octanol–water partition coefficient (Wildman–Crippen LogP) is 1.84. The zero-order valence-electron chi connectivity index (χ0n) is 12.4. The molecule has 0 spiro atoms. The van der Waals surface area contributed by atoms with E-state index in [1.807, 2.05) is 6.08 Å². The molecule has 0 amide bonds. The minimum Gasteiger partial charge on any atom is -0.493 e. The van der Waals surface area contributed by atoms with Crippen LogP contribution >= 0.6 is 0 Å². The van der Waals surface area contributed by atoms with Crippen molar-refractivity contribution in [1.29, 1.82) is 0 Å². The van der Waals surface area contributed by atoms with Crippen molar-refractivity contribution in [3.05, 3.63) is 35.9 Å². The fourth-order valence-electron chi connectivity index (χ4n) is 2.57. The van der Waals surface area contributed by atoms with Crippen LogP contribution < -0.4 is 14.8 Å². The Morgan fingerprint density at radius 2 is 1.95 bits per heavy atom. The highest BCUT2D eigenvalue weighted by Gasteiger charge is 2.18. The molecule has 110 valence electrons. The Bertz CT molecular complexity index is 460. The molecule has 0 aliphatic carbocycles. The van der Waals surface area contributed by atoms with Crippen LogP contribution in [0.3, 0.4) is 0 Å². The van der Waals surface area contributed by atoms with Crippen LogP contribution in [-0.4, -0.2) is 45.3 Å². The molecule has 0 saturated heterocycles. The lowest BCUT2D eigenvalue weighted by atomic mass is 9.99. The average molecular weight is 276 g/mol. The first-order valence-electron chi connectivity index (χ1n) is 7.06. The molecular formula is C16H24N2O2. The monoisotopic (exact) mass is 276 g/mol. The molecule has 0 radical (unpaired) electrons. The van der Waals surface area contributed by atoms with E-state index < -0.39 is 0 Å². The summed E-state index contributed by atoms with van der Waals surface area (Å²) >= 11 is 0. The summed E-state index contributed by atoms with van der Waals surface area (Å²) in [7, 11) is 3.37. The lowest BCUT2D eigenvalue weighted by molar-refractivity contribution is 0.253. The van der Waals surface area contributed by atoms with Crippen LogP contribution in [0.25, 0.3) is 0 Å². The minimum absolute atomic E-state index is 0.817. The van der Waals surface area contributed by atoms with Crippen LogP contribution in [0.5, 0.6) is 11.5 Å². The molecule has 0 aromatic heterocycles. The van der Waals surface area contributed by atoms with Crippen molar-refractivity contribution < 1.29 is 9.47 Å². The molecule has 1 aliphatic heterocycles. The molecule has 0 bridgehead atoms. The van der Waals surface area contributed by atoms with Gasteiger partial charge in [-0.05, 0) is 29.7 Å². The van der Waals surface area contributed by atoms with E-state index in [-0.39, 0.29) is 0 Å². The highest BCUT2D eigenvalue weighted by molar-refractivity contribution is 5.48. The summed E-state index contributed by atoms with van der Waals surface area (Å²) in [6.45, 7) is 8.70. The normalized spacial score (nSPS) is 14.7. The Morgan fingerprint density at radius 1 is 1.25 bits per heavy atom. The number of methoxy groups -OCH3 is 2. The lowest BCUT2D eigenvalue weighted by Gasteiger charge is -2.29. The van der Waals surface area contributed by atoms with Crippen LogP contribution in [0.1, 0.15) is 11.1 Å². The Hall–Kier alpha value is -1.52. The predicted molar refractivity (Wildman–Crippen MR) is 81.6 cm³/mol. The van der Waals surface area contributed by atoms with Crippen molar-refractivity contribution in [1.82, 2.24) is 10.2 Å². The maximum absolute atomic E-state index is 5.38. The summed E-state index contributed by atoms with van der Waals surface area (Å²) in [6.07, 6.45) is 2.96. The van der Waals surface area contributed by atoms with Crippen LogP contribution in [-0.2, 0) is 13.0 Å². The molecule has 1 aliphatic rings. The van der Waals surface area contributed by atoms with E-state index in [9.17, 15) is 0 Å². The van der Waals surface area contributed by atoms with E-state index in [4.69, 9.17) is 9.47 Å². The molecular weight excluding hydrogens is 252 g/mol. The fourth-order valence-corrected chi connectivity index (χ4v) is 2.57. The first-order valence-corrected chi connectivity index (χ1v) is 7.06. The van der Waals surface area contributed by atoms with Gasteiger partial charge in [0.05, 0.1) is 14.2 Å². The van der Waals surface area contributed by atoms with Gasteiger partial charge in [0.25, 0.3) is 0 Å². The van der Waals surface area contributed by atoms with Crippen LogP contribution in [0.15, 0.2) is 24.8 Å². The number of nitrogens with one attached hydrogen (secondary N) is 1. The molecule has 0 fully saturated rings. The van der Waals surface area contributed by atoms with Gasteiger partial charge in [-0.1, -0.05) is 6.08 Å². The van der Waals surface area contributed by atoms with Crippen molar-refractivity contribution in [2.24, 2.45) is 0 Å². The first-order chi connectivity index (χ1) is 9.78. The minimum atomic E-state index is 0.817. The number of rotatable bonds is 7. The van der Waals surface area contributed by atoms with Crippen molar-refractivity contribution in [2.75, 3.05) is 40.4 Å². The van der Waals surface area contributed by atoms with Gasteiger partial charge in [-0.15, -0.1) is 6.58 Å². The van der Waals surface area contributed by atoms with Crippen LogP contribution in [0, 0.1) is 0 Å². The molecule has 20 heavy (non-hydrogen) atoms. The number of ether oxygens (including phenoxy) is 2. The van der Waals surface area contributed by atoms with Gasteiger partial charge in [-0.3, -0.25) is 4.90 Å². The molecule has 4 nitrogen and oxygen atoms in total. The van der Waals surface area contributed by atoms with E-state index in [0.29, 0.717) is 0 Å². The summed E-state index contributed by atoms with van der Waals surface area (Å²) in [6, 6.07) is 4.22. The van der Waals surface area contributed by atoms with Gasteiger partial charge in [-0.25, -0.2) is 0 Å². The van der Waals surface area contributed by atoms with Gasteiger partial charge >= 0.3 is 0 Å². The Kier molecular flexibility index (Phi) is 5.44. The third kappa shape index (κ3) is 3.52. The second-order valence-electron chi connectivity index (χ2n) is 4.99. The van der Waals surface area contributed by atoms with Crippen LogP contribution in [0.4, 0.5) is 0 Å². The summed E-state index contributed by atoms with van der Waals surface area (Å²) < 4.78 is 10.7. The molecule has 2 rings (SSSR count). The number of hydrogen-bond donors (Lipinski definition) is 1. The first kappa shape index (κ1) is 14.9. The molecule has 1 aromatic rings. The molecule has 0 unspecified atom stereocenters. The standard InChI is InChI=1S/C16H24N2O2/c1-4-6-17-7-9-18-8-5-13-10-15(19-2)16(20-3)11-14(13)12-18/h4,10-11,17H,1,5-9,12H2,2-3H3. The summed E-state index contributed by atoms with van der Waals surface area (Å²) in [5.74, 6) is 1.64. The lowest BCUT2D eigenvalue weighted by Crippen LogP contribution is -2.36. The van der Waals surface area contributed by atoms with Gasteiger partial charge in [0.2, 0.25) is 0 Å². The number of benzene rings is 1. The van der Waals surface area contributed by atoms with Crippen molar-refractivity contribution in [2.45, 2.75) is 13.0 Å². The number of hydrogen-bond acceptors (Lipinski definition) is 4. The largest absolute Gasteiger partial charge is 0.493 e. The molecule has 0 saturated carbocycles. The molecule has 1 N–H and O–H groups in total. The molecule has 4 heteroatoms. The Balaban J connectivity index is 2.00. The maximum Gasteiger partial charge on any atom is 0.161 e. The van der Waals surface area contributed by atoms with Gasteiger partial charge in [0.1, 0.15) is 0 Å². The van der Waals surface area contributed by atoms with Crippen molar-refractivity contribution in [3.8, 4) is 11.5 Å². The van der Waals surface area contributed by atoms with Crippen molar-refractivity contribution >= 4 is 0 Å². The average Bonchev–Trinajstić information content (AvgIpc) is 2.50. The maximum atomic E-state index is 5.38. The van der Waals surface area contributed by atoms with Gasteiger partial charge in [0.15, 0.2) is 11.5 Å². The van der Waals surface area contributed by atoms with Crippen LogP contribution in [0.2, 0.25) is 0 Å². The fraction of sp³-hybridized carbons (Fsp3) is 0.500. The smallest absolute Gasteiger partial charge is 0.161 e. The second kappa shape index (κ2) is 7.31. The quantitative estimate of drug-likeness (QED) is 0.608. The zero-order valence-corrected chi connectivity index (χ0v) is 12.4. The Labute approximate surface area is 121 Å². The highest BCUT2D eigenvalue weighted by atomic mass is 16.5. The van der Waals surface area contributed by atoms with Gasteiger partial charge < -0.3 is 14.8 Å². The Morgan fingerprint density at radius 3 is 2.60 bits per heavy atom. The SMILES string of the molecule is C=CCNCCN1CCc2cc(OC)c(OC)cc2C1. The van der Waals surface area contributed by atoms with Crippen molar-refractivity contribution in [3.63, 3.8) is 0 Å². The molecule has 1 heterocycles. The zero-order chi connectivity index (χ0) is 14.4. The molecule has 0 atom stereocenters.